The molecule has 1 unspecified atom stereocenters. The van der Waals surface area contributed by atoms with Crippen LogP contribution in [0.4, 0.5) is 5.69 Å². The number of aryl methyl sites for hydroxylation is 1. The van der Waals surface area contributed by atoms with E-state index in [1.54, 1.807) is 13.0 Å². The van der Waals surface area contributed by atoms with Crippen molar-refractivity contribution >= 4 is 35.0 Å². The second-order valence-electron chi connectivity index (χ2n) is 6.24. The smallest absolute Gasteiger partial charge is 0.253 e. The molecule has 1 aromatic rings. The van der Waals surface area contributed by atoms with Crippen LogP contribution in [0.3, 0.4) is 0 Å². The summed E-state index contributed by atoms with van der Waals surface area (Å²) in [4.78, 5) is 36.0. The first-order valence-electron chi connectivity index (χ1n) is 7.87. The van der Waals surface area contributed by atoms with Crippen LogP contribution in [-0.2, 0) is 9.59 Å². The Balaban J connectivity index is 1.78. The number of carbonyl (C=O) groups is 3. The predicted molar refractivity (Wildman–Crippen MR) is 89.6 cm³/mol. The van der Waals surface area contributed by atoms with Crippen molar-refractivity contribution in [3.8, 4) is 0 Å². The monoisotopic (exact) mass is 350 g/mol. The van der Waals surface area contributed by atoms with Gasteiger partial charge in [0.1, 0.15) is 6.04 Å². The minimum absolute atomic E-state index is 0.0572. The molecule has 0 spiro atoms. The molecule has 0 radical (unpaired) electrons. The molecule has 7 nitrogen and oxygen atoms in total. The molecule has 1 saturated carbocycles. The molecule has 1 atom stereocenters. The zero-order chi connectivity index (χ0) is 17.3. The van der Waals surface area contributed by atoms with E-state index in [9.17, 15) is 14.4 Å². The number of nitrogens with one attached hydrogen (secondary N) is 4. The minimum atomic E-state index is -0.671. The fourth-order valence-electron chi connectivity index (χ4n) is 2.57. The van der Waals surface area contributed by atoms with Gasteiger partial charge in [-0.05, 0) is 43.4 Å². The van der Waals surface area contributed by atoms with Crippen molar-refractivity contribution < 1.29 is 14.4 Å². The normalized spacial score (nSPS) is 19.8. The molecule has 2 fully saturated rings. The standard InChI is InChI=1S/C16H19ClN4O3/c1-8-4-10(17)5-11(15(23)18-7-9-2-3-9)14(8)19-16(24)12-6-13(22)21-20-12/h4-5,9,12,20H,2-3,6-7H2,1H3,(H,18,23)(H,19,24)(H,21,22). The molecule has 3 amide bonds. The Bertz CT molecular complexity index is 703. The Labute approximate surface area is 144 Å². The Morgan fingerprint density at radius 2 is 2.08 bits per heavy atom. The molecule has 128 valence electrons. The Morgan fingerprint density at radius 1 is 1.33 bits per heavy atom. The average molecular weight is 351 g/mol. The van der Waals surface area contributed by atoms with Gasteiger partial charge in [0.05, 0.1) is 17.7 Å². The first-order chi connectivity index (χ1) is 11.4. The van der Waals surface area contributed by atoms with Crippen molar-refractivity contribution in [1.82, 2.24) is 16.2 Å². The molecule has 8 heteroatoms. The number of anilines is 1. The highest BCUT2D eigenvalue weighted by Gasteiger charge is 2.29. The third kappa shape index (κ3) is 3.85. The summed E-state index contributed by atoms with van der Waals surface area (Å²) in [5.74, 6) is -0.344. The van der Waals surface area contributed by atoms with Gasteiger partial charge in [0.2, 0.25) is 11.8 Å². The third-order valence-electron chi connectivity index (χ3n) is 4.13. The maximum atomic E-state index is 12.5. The van der Waals surface area contributed by atoms with Gasteiger partial charge < -0.3 is 10.6 Å². The molecule has 2 aliphatic rings. The van der Waals surface area contributed by atoms with Crippen molar-refractivity contribution in [2.75, 3.05) is 11.9 Å². The second-order valence-corrected chi connectivity index (χ2v) is 6.67. The Kier molecular flexibility index (Phi) is 4.73. The highest BCUT2D eigenvalue weighted by Crippen LogP contribution is 2.29. The highest BCUT2D eigenvalue weighted by molar-refractivity contribution is 6.31. The van der Waals surface area contributed by atoms with E-state index >= 15 is 0 Å². The Morgan fingerprint density at radius 3 is 2.71 bits per heavy atom. The zero-order valence-electron chi connectivity index (χ0n) is 13.2. The van der Waals surface area contributed by atoms with Gasteiger partial charge in [-0.25, -0.2) is 5.43 Å². The minimum Gasteiger partial charge on any atom is -0.352 e. The summed E-state index contributed by atoms with van der Waals surface area (Å²) >= 11 is 6.06. The highest BCUT2D eigenvalue weighted by atomic mass is 35.5. The summed E-state index contributed by atoms with van der Waals surface area (Å²) in [6.07, 6.45) is 2.32. The van der Waals surface area contributed by atoms with Crippen LogP contribution in [0.25, 0.3) is 0 Å². The van der Waals surface area contributed by atoms with E-state index in [1.165, 1.54) is 6.07 Å². The molecule has 1 aromatic carbocycles. The lowest BCUT2D eigenvalue weighted by Crippen LogP contribution is -2.40. The van der Waals surface area contributed by atoms with E-state index in [4.69, 9.17) is 11.6 Å². The van der Waals surface area contributed by atoms with Crippen LogP contribution in [0.5, 0.6) is 0 Å². The molecule has 0 bridgehead atoms. The first kappa shape index (κ1) is 16.7. The van der Waals surface area contributed by atoms with Gasteiger partial charge >= 0.3 is 0 Å². The number of benzene rings is 1. The maximum absolute atomic E-state index is 12.5. The van der Waals surface area contributed by atoms with Crippen LogP contribution in [0, 0.1) is 12.8 Å². The Hall–Kier alpha value is -2.12. The topological polar surface area (TPSA) is 99.3 Å². The summed E-state index contributed by atoms with van der Waals surface area (Å²) in [6.45, 7) is 2.39. The van der Waals surface area contributed by atoms with Crippen molar-refractivity contribution in [2.24, 2.45) is 5.92 Å². The third-order valence-corrected chi connectivity index (χ3v) is 4.35. The van der Waals surface area contributed by atoms with E-state index < -0.39 is 6.04 Å². The molecule has 1 aliphatic heterocycles. The molecular formula is C16H19ClN4O3. The molecule has 4 N–H and O–H groups in total. The molecule has 1 aliphatic carbocycles. The largest absolute Gasteiger partial charge is 0.352 e. The average Bonchev–Trinajstić information content (AvgIpc) is 3.26. The fraction of sp³-hybridized carbons (Fsp3) is 0.438. The number of hydrogen-bond acceptors (Lipinski definition) is 4. The summed E-state index contributed by atoms with van der Waals surface area (Å²) in [5.41, 5.74) is 6.43. The first-order valence-corrected chi connectivity index (χ1v) is 8.25. The number of halogens is 1. The number of rotatable bonds is 5. The second kappa shape index (κ2) is 6.78. The van der Waals surface area contributed by atoms with Crippen molar-refractivity contribution in [3.05, 3.63) is 28.3 Å². The number of carbonyl (C=O) groups excluding carboxylic acids is 3. The molecule has 0 aromatic heterocycles. The lowest BCUT2D eigenvalue weighted by atomic mass is 10.1. The van der Waals surface area contributed by atoms with Gasteiger partial charge in [0.25, 0.3) is 5.91 Å². The van der Waals surface area contributed by atoms with Crippen LogP contribution in [0.2, 0.25) is 5.02 Å². The number of hydrogen-bond donors (Lipinski definition) is 4. The van der Waals surface area contributed by atoms with Gasteiger partial charge in [-0.3, -0.25) is 19.8 Å². The number of hydrazine groups is 1. The van der Waals surface area contributed by atoms with Crippen molar-refractivity contribution in [3.63, 3.8) is 0 Å². The lowest BCUT2D eigenvalue weighted by molar-refractivity contribution is -0.121. The van der Waals surface area contributed by atoms with Gasteiger partial charge in [-0.15, -0.1) is 0 Å². The quantitative estimate of drug-likeness (QED) is 0.639. The molecule has 1 heterocycles. The lowest BCUT2D eigenvalue weighted by Gasteiger charge is -2.16. The summed E-state index contributed by atoms with van der Waals surface area (Å²) in [7, 11) is 0. The van der Waals surface area contributed by atoms with E-state index in [1.807, 2.05) is 0 Å². The summed E-state index contributed by atoms with van der Waals surface area (Å²) in [6, 6.07) is 2.55. The van der Waals surface area contributed by atoms with Crippen LogP contribution >= 0.6 is 11.6 Å². The maximum Gasteiger partial charge on any atom is 0.253 e. The molecular weight excluding hydrogens is 332 g/mol. The van der Waals surface area contributed by atoms with E-state index in [0.717, 1.165) is 12.8 Å². The van der Waals surface area contributed by atoms with Crippen LogP contribution < -0.4 is 21.5 Å². The number of amides is 3. The summed E-state index contributed by atoms with van der Waals surface area (Å²) in [5, 5.41) is 6.04. The summed E-state index contributed by atoms with van der Waals surface area (Å²) < 4.78 is 0. The van der Waals surface area contributed by atoms with Gasteiger partial charge in [-0.1, -0.05) is 11.6 Å². The van der Waals surface area contributed by atoms with E-state index in [-0.39, 0.29) is 24.1 Å². The predicted octanol–water partition coefficient (Wildman–Crippen LogP) is 1.12. The van der Waals surface area contributed by atoms with Gasteiger partial charge in [0, 0.05) is 11.6 Å². The van der Waals surface area contributed by atoms with Crippen LogP contribution in [-0.4, -0.2) is 30.3 Å². The van der Waals surface area contributed by atoms with Crippen LogP contribution in [0.15, 0.2) is 12.1 Å². The molecule has 3 rings (SSSR count). The zero-order valence-corrected chi connectivity index (χ0v) is 14.0. The van der Waals surface area contributed by atoms with E-state index in [2.05, 4.69) is 21.5 Å². The van der Waals surface area contributed by atoms with Crippen LogP contribution in [0.1, 0.15) is 35.2 Å². The van der Waals surface area contributed by atoms with E-state index in [0.29, 0.717) is 34.3 Å². The van der Waals surface area contributed by atoms with Gasteiger partial charge in [-0.2, -0.15) is 0 Å². The molecule has 24 heavy (non-hydrogen) atoms. The molecule has 1 saturated heterocycles. The SMILES string of the molecule is Cc1cc(Cl)cc(C(=O)NCC2CC2)c1NC(=O)C1CC(=O)NN1. The van der Waals surface area contributed by atoms with Crippen molar-refractivity contribution in [1.29, 1.82) is 0 Å². The fourth-order valence-corrected chi connectivity index (χ4v) is 2.84. The van der Waals surface area contributed by atoms with Gasteiger partial charge in [0.15, 0.2) is 0 Å². The van der Waals surface area contributed by atoms with Crippen molar-refractivity contribution in [2.45, 2.75) is 32.2 Å².